The lowest BCUT2D eigenvalue weighted by Crippen LogP contribution is -2.41. The van der Waals surface area contributed by atoms with Gasteiger partial charge in [0, 0.05) is 25.6 Å². The quantitative estimate of drug-likeness (QED) is 0.795. The molecule has 1 aliphatic carbocycles. The number of methoxy groups -OCH3 is 1. The molecule has 0 aromatic carbocycles. The van der Waals surface area contributed by atoms with Gasteiger partial charge in [0.15, 0.2) is 0 Å². The Balaban J connectivity index is 2.11. The summed E-state index contributed by atoms with van der Waals surface area (Å²) in [4.78, 5) is 2.35. The van der Waals surface area contributed by atoms with Crippen LogP contribution in [0.2, 0.25) is 0 Å². The summed E-state index contributed by atoms with van der Waals surface area (Å²) in [5, 5.41) is 0. The van der Waals surface area contributed by atoms with Gasteiger partial charge in [-0.1, -0.05) is 13.8 Å². The van der Waals surface area contributed by atoms with Crippen LogP contribution in [0.4, 0.5) is 0 Å². The van der Waals surface area contributed by atoms with Crippen molar-refractivity contribution >= 4 is 0 Å². The van der Waals surface area contributed by atoms with E-state index in [-0.39, 0.29) is 6.04 Å². The highest BCUT2D eigenvalue weighted by Crippen LogP contribution is 2.47. The molecule has 0 spiro atoms. The number of furan rings is 1. The molecule has 114 valence electrons. The third-order valence-electron chi connectivity index (χ3n) is 4.41. The number of hydrogen-bond donors (Lipinski definition) is 1. The van der Waals surface area contributed by atoms with E-state index in [1.807, 2.05) is 0 Å². The van der Waals surface area contributed by atoms with Crippen LogP contribution in [0.5, 0.6) is 0 Å². The van der Waals surface area contributed by atoms with E-state index in [9.17, 15) is 0 Å². The van der Waals surface area contributed by atoms with Gasteiger partial charge >= 0.3 is 0 Å². The van der Waals surface area contributed by atoms with Crippen molar-refractivity contribution in [3.05, 3.63) is 23.7 Å². The molecule has 1 heterocycles. The zero-order valence-electron chi connectivity index (χ0n) is 13.1. The average molecular weight is 280 g/mol. The van der Waals surface area contributed by atoms with Crippen molar-refractivity contribution in [1.82, 2.24) is 4.90 Å². The zero-order valence-corrected chi connectivity index (χ0v) is 13.1. The van der Waals surface area contributed by atoms with Gasteiger partial charge in [-0.05, 0) is 37.9 Å². The second-order valence-electron chi connectivity index (χ2n) is 5.95. The summed E-state index contributed by atoms with van der Waals surface area (Å²) >= 11 is 0. The van der Waals surface area contributed by atoms with Crippen molar-refractivity contribution in [3.8, 4) is 0 Å². The molecule has 4 heteroatoms. The fourth-order valence-corrected chi connectivity index (χ4v) is 3.06. The largest absolute Gasteiger partial charge is 0.464 e. The summed E-state index contributed by atoms with van der Waals surface area (Å²) in [7, 11) is 1.74. The van der Waals surface area contributed by atoms with Crippen LogP contribution >= 0.6 is 0 Å². The highest BCUT2D eigenvalue weighted by molar-refractivity contribution is 5.19. The van der Waals surface area contributed by atoms with Crippen LogP contribution in [0, 0.1) is 5.92 Å². The van der Waals surface area contributed by atoms with E-state index in [0.29, 0.717) is 25.1 Å². The lowest BCUT2D eigenvalue weighted by atomic mass is 10.1. The predicted molar refractivity (Wildman–Crippen MR) is 80.7 cm³/mol. The Morgan fingerprint density at radius 3 is 2.70 bits per heavy atom. The van der Waals surface area contributed by atoms with Gasteiger partial charge < -0.3 is 14.9 Å². The van der Waals surface area contributed by atoms with Gasteiger partial charge in [-0.3, -0.25) is 4.90 Å². The second kappa shape index (κ2) is 6.74. The van der Waals surface area contributed by atoms with Gasteiger partial charge in [-0.15, -0.1) is 0 Å². The standard InChI is InChI=1S/C16H28N2O2/c1-5-18(12(3)10-19-4)14(9-17)16-7-6-15(20-16)13-8-11(13)2/h6-7,11-14H,5,8-10,17H2,1-4H3. The monoisotopic (exact) mass is 280 g/mol. The molecule has 1 fully saturated rings. The van der Waals surface area contributed by atoms with Gasteiger partial charge in [-0.25, -0.2) is 0 Å². The first-order chi connectivity index (χ1) is 9.62. The Kier molecular flexibility index (Phi) is 5.24. The van der Waals surface area contributed by atoms with Crippen LogP contribution < -0.4 is 5.73 Å². The maximum absolute atomic E-state index is 6.08. The smallest absolute Gasteiger partial charge is 0.122 e. The summed E-state index contributed by atoms with van der Waals surface area (Å²) in [5.41, 5.74) is 6.00. The number of hydrogen-bond acceptors (Lipinski definition) is 4. The van der Waals surface area contributed by atoms with E-state index < -0.39 is 0 Å². The van der Waals surface area contributed by atoms with Crippen molar-refractivity contribution in [2.75, 3.05) is 26.8 Å². The molecule has 0 saturated heterocycles. The molecule has 2 N–H and O–H groups in total. The molecule has 1 saturated carbocycles. The minimum Gasteiger partial charge on any atom is -0.464 e. The summed E-state index contributed by atoms with van der Waals surface area (Å²) in [6.45, 7) is 8.80. The number of ether oxygens (including phenoxy) is 1. The highest BCUT2D eigenvalue weighted by Gasteiger charge is 2.37. The normalized spacial score (nSPS) is 24.9. The molecule has 1 aliphatic rings. The molecule has 1 aromatic rings. The van der Waals surface area contributed by atoms with Gasteiger partial charge in [0.2, 0.25) is 0 Å². The molecule has 4 nitrogen and oxygen atoms in total. The van der Waals surface area contributed by atoms with E-state index >= 15 is 0 Å². The first-order valence-corrected chi connectivity index (χ1v) is 7.66. The SMILES string of the molecule is CCN(C(C)COC)C(CN)c1ccc(C2CC2C)o1. The molecule has 2 rings (SSSR count). The van der Waals surface area contributed by atoms with Crippen LogP contribution in [0.3, 0.4) is 0 Å². The zero-order chi connectivity index (χ0) is 14.7. The number of rotatable bonds is 8. The summed E-state index contributed by atoms with van der Waals surface area (Å²) in [6, 6.07) is 4.68. The molecule has 0 amide bonds. The Bertz CT molecular complexity index is 418. The number of likely N-dealkylation sites (N-methyl/N-ethyl adjacent to an activating group) is 1. The van der Waals surface area contributed by atoms with Gasteiger partial charge in [0.1, 0.15) is 11.5 Å². The van der Waals surface area contributed by atoms with E-state index in [1.54, 1.807) is 7.11 Å². The molecule has 20 heavy (non-hydrogen) atoms. The van der Waals surface area contributed by atoms with Crippen LogP contribution in [0.15, 0.2) is 16.5 Å². The Labute approximate surface area is 122 Å². The van der Waals surface area contributed by atoms with E-state index in [1.165, 1.54) is 6.42 Å². The third-order valence-corrected chi connectivity index (χ3v) is 4.41. The van der Waals surface area contributed by atoms with Crippen LogP contribution in [0.1, 0.15) is 50.7 Å². The molecular formula is C16H28N2O2. The summed E-state index contributed by atoms with van der Waals surface area (Å²) < 4.78 is 11.4. The summed E-state index contributed by atoms with van der Waals surface area (Å²) in [5.74, 6) is 3.50. The van der Waals surface area contributed by atoms with Crippen molar-refractivity contribution in [3.63, 3.8) is 0 Å². The number of nitrogens with zero attached hydrogens (tertiary/aromatic N) is 1. The van der Waals surface area contributed by atoms with Crippen molar-refractivity contribution in [2.24, 2.45) is 11.7 Å². The fraction of sp³-hybridized carbons (Fsp3) is 0.750. The van der Waals surface area contributed by atoms with Crippen LogP contribution in [0.25, 0.3) is 0 Å². The Morgan fingerprint density at radius 1 is 1.50 bits per heavy atom. The molecule has 1 aromatic heterocycles. The van der Waals surface area contributed by atoms with Gasteiger partial charge in [0.05, 0.1) is 12.6 Å². The molecule has 4 atom stereocenters. The first kappa shape index (κ1) is 15.5. The Hall–Kier alpha value is -0.840. The molecule has 0 radical (unpaired) electrons. The number of nitrogens with two attached hydrogens (primary N) is 1. The molecule has 0 aliphatic heterocycles. The van der Waals surface area contributed by atoms with Crippen LogP contribution in [-0.4, -0.2) is 37.7 Å². The summed E-state index contributed by atoms with van der Waals surface area (Å²) in [6.07, 6.45) is 1.25. The first-order valence-electron chi connectivity index (χ1n) is 7.66. The topological polar surface area (TPSA) is 51.6 Å². The minimum atomic E-state index is 0.132. The lowest BCUT2D eigenvalue weighted by molar-refractivity contribution is 0.0675. The van der Waals surface area contributed by atoms with Crippen molar-refractivity contribution < 1.29 is 9.15 Å². The lowest BCUT2D eigenvalue weighted by Gasteiger charge is -2.33. The van der Waals surface area contributed by atoms with E-state index in [2.05, 4.69) is 37.8 Å². The average Bonchev–Trinajstić information content (AvgIpc) is 2.98. The maximum atomic E-state index is 6.08. The van der Waals surface area contributed by atoms with Crippen LogP contribution in [-0.2, 0) is 4.74 Å². The molecule has 4 unspecified atom stereocenters. The molecule has 0 bridgehead atoms. The second-order valence-corrected chi connectivity index (χ2v) is 5.95. The Morgan fingerprint density at radius 2 is 2.20 bits per heavy atom. The minimum absolute atomic E-state index is 0.132. The predicted octanol–water partition coefficient (Wildman–Crippen LogP) is 2.76. The molecular weight excluding hydrogens is 252 g/mol. The van der Waals surface area contributed by atoms with E-state index in [0.717, 1.165) is 24.0 Å². The third kappa shape index (κ3) is 3.25. The maximum Gasteiger partial charge on any atom is 0.122 e. The van der Waals surface area contributed by atoms with Crippen molar-refractivity contribution in [1.29, 1.82) is 0 Å². The van der Waals surface area contributed by atoms with Gasteiger partial charge in [0.25, 0.3) is 0 Å². The highest BCUT2D eigenvalue weighted by atomic mass is 16.5. The van der Waals surface area contributed by atoms with E-state index in [4.69, 9.17) is 14.9 Å². The van der Waals surface area contributed by atoms with Gasteiger partial charge in [-0.2, -0.15) is 0 Å². The van der Waals surface area contributed by atoms with Crippen molar-refractivity contribution in [2.45, 2.75) is 45.2 Å². The fourth-order valence-electron chi connectivity index (χ4n) is 3.06.